The van der Waals surface area contributed by atoms with Crippen molar-refractivity contribution in [3.05, 3.63) is 69.8 Å². The first-order chi connectivity index (χ1) is 12.4. The molecule has 0 atom stereocenters. The zero-order valence-electron chi connectivity index (χ0n) is 14.3. The summed E-state index contributed by atoms with van der Waals surface area (Å²) in [5.41, 5.74) is 2.46. The molecule has 0 unspecified atom stereocenters. The van der Waals surface area contributed by atoms with Crippen LogP contribution in [0.3, 0.4) is 0 Å². The van der Waals surface area contributed by atoms with Gasteiger partial charge in [0.15, 0.2) is 11.6 Å². The van der Waals surface area contributed by atoms with Crippen molar-refractivity contribution in [2.24, 2.45) is 0 Å². The number of fused-ring (bicyclic) bond motifs is 2. The molecule has 0 N–H and O–H groups in total. The maximum Gasteiger partial charge on any atom is 0.302 e. The van der Waals surface area contributed by atoms with Gasteiger partial charge in [0.25, 0.3) is 0 Å². The lowest BCUT2D eigenvalue weighted by atomic mass is 9.82. The van der Waals surface area contributed by atoms with E-state index in [1.807, 2.05) is 0 Å². The summed E-state index contributed by atoms with van der Waals surface area (Å²) in [6, 6.07) is 9.59. The number of benzene rings is 2. The third-order valence-corrected chi connectivity index (χ3v) is 4.03. The lowest BCUT2D eigenvalue weighted by molar-refractivity contribution is -0.143. The highest BCUT2D eigenvalue weighted by molar-refractivity contribution is 6.28. The minimum absolute atomic E-state index is 0.0399. The molecule has 2 aromatic rings. The highest BCUT2D eigenvalue weighted by Crippen LogP contribution is 2.29. The second-order valence-electron chi connectivity index (χ2n) is 5.98. The smallest absolute Gasteiger partial charge is 0.302 e. The van der Waals surface area contributed by atoms with Crippen LogP contribution in [-0.2, 0) is 32.3 Å². The Morgan fingerprint density at radius 3 is 1.42 bits per heavy atom. The van der Waals surface area contributed by atoms with Gasteiger partial charge in [-0.1, -0.05) is 12.1 Å². The molecule has 0 bridgehead atoms. The summed E-state index contributed by atoms with van der Waals surface area (Å²) in [4.78, 5) is 47.4. The Hall–Kier alpha value is -3.28. The molecule has 6 heteroatoms. The van der Waals surface area contributed by atoms with Crippen molar-refractivity contribution in [3.8, 4) is 0 Å². The molecule has 0 amide bonds. The van der Waals surface area contributed by atoms with Gasteiger partial charge < -0.3 is 9.47 Å². The molecule has 0 heterocycles. The van der Waals surface area contributed by atoms with Gasteiger partial charge in [0.05, 0.1) is 0 Å². The van der Waals surface area contributed by atoms with Crippen LogP contribution < -0.4 is 0 Å². The van der Waals surface area contributed by atoms with Gasteiger partial charge in [-0.3, -0.25) is 19.2 Å². The first-order valence-corrected chi connectivity index (χ1v) is 7.99. The van der Waals surface area contributed by atoms with E-state index < -0.39 is 11.9 Å². The number of hydrogen-bond donors (Lipinski definition) is 0. The number of ketones is 2. The van der Waals surface area contributed by atoms with E-state index in [-0.39, 0.29) is 24.8 Å². The number of hydrogen-bond acceptors (Lipinski definition) is 6. The van der Waals surface area contributed by atoms with E-state index in [1.165, 1.54) is 13.8 Å². The fraction of sp³-hybridized carbons (Fsp3) is 0.200. The van der Waals surface area contributed by atoms with Gasteiger partial charge in [0, 0.05) is 36.1 Å². The second kappa shape index (κ2) is 6.92. The fourth-order valence-electron chi connectivity index (χ4n) is 2.79. The zero-order valence-corrected chi connectivity index (χ0v) is 14.3. The van der Waals surface area contributed by atoms with Gasteiger partial charge in [0.1, 0.15) is 13.2 Å². The number of rotatable bonds is 4. The van der Waals surface area contributed by atoms with Crippen LogP contribution in [0.1, 0.15) is 56.8 Å². The van der Waals surface area contributed by atoms with E-state index in [0.29, 0.717) is 33.4 Å². The maximum atomic E-state index is 12.8. The minimum Gasteiger partial charge on any atom is -0.461 e. The molecular weight excluding hydrogens is 336 g/mol. The topological polar surface area (TPSA) is 86.7 Å². The Bertz CT molecular complexity index is 864. The Morgan fingerprint density at radius 1 is 0.692 bits per heavy atom. The predicted octanol–water partition coefficient (Wildman–Crippen LogP) is 2.59. The van der Waals surface area contributed by atoms with E-state index in [9.17, 15) is 19.2 Å². The summed E-state index contributed by atoms with van der Waals surface area (Å²) in [7, 11) is 0. The fourth-order valence-corrected chi connectivity index (χ4v) is 2.79. The first-order valence-electron chi connectivity index (χ1n) is 7.99. The van der Waals surface area contributed by atoms with Crippen molar-refractivity contribution in [3.63, 3.8) is 0 Å². The highest BCUT2D eigenvalue weighted by Gasteiger charge is 2.30. The number of carbonyl (C=O) groups is 4. The molecule has 26 heavy (non-hydrogen) atoms. The van der Waals surface area contributed by atoms with Crippen LogP contribution in [0.2, 0.25) is 0 Å². The zero-order chi connectivity index (χ0) is 18.8. The van der Waals surface area contributed by atoms with Crippen molar-refractivity contribution >= 4 is 23.5 Å². The minimum atomic E-state index is -0.421. The van der Waals surface area contributed by atoms with Crippen LogP contribution in [-0.4, -0.2) is 23.5 Å². The average Bonchev–Trinajstić information content (AvgIpc) is 2.62. The van der Waals surface area contributed by atoms with Crippen LogP contribution >= 0.6 is 0 Å². The summed E-state index contributed by atoms with van der Waals surface area (Å²) in [5, 5.41) is 0. The van der Waals surface area contributed by atoms with Crippen LogP contribution in [0.5, 0.6) is 0 Å². The van der Waals surface area contributed by atoms with E-state index in [0.717, 1.165) is 0 Å². The largest absolute Gasteiger partial charge is 0.461 e. The lowest BCUT2D eigenvalue weighted by Gasteiger charge is -2.19. The molecule has 0 aromatic heterocycles. The van der Waals surface area contributed by atoms with Gasteiger partial charge in [-0.15, -0.1) is 0 Å². The molecule has 2 aromatic carbocycles. The molecule has 3 rings (SSSR count). The number of ether oxygens (including phenoxy) is 2. The molecule has 132 valence electrons. The highest BCUT2D eigenvalue weighted by atomic mass is 16.5. The van der Waals surface area contributed by atoms with Gasteiger partial charge in [-0.25, -0.2) is 0 Å². The van der Waals surface area contributed by atoms with Crippen molar-refractivity contribution in [2.75, 3.05) is 0 Å². The van der Waals surface area contributed by atoms with Crippen molar-refractivity contribution in [2.45, 2.75) is 27.1 Å². The molecule has 1 aliphatic carbocycles. The van der Waals surface area contributed by atoms with Crippen LogP contribution in [0.15, 0.2) is 36.4 Å². The van der Waals surface area contributed by atoms with E-state index in [2.05, 4.69) is 0 Å². The summed E-state index contributed by atoms with van der Waals surface area (Å²) in [5.74, 6) is -1.37. The summed E-state index contributed by atoms with van der Waals surface area (Å²) in [6.45, 7) is 2.68. The molecular formula is C20H16O6. The Labute approximate surface area is 149 Å². The summed E-state index contributed by atoms with van der Waals surface area (Å²) in [6.07, 6.45) is 0. The Kier molecular flexibility index (Phi) is 4.67. The van der Waals surface area contributed by atoms with Crippen LogP contribution in [0.4, 0.5) is 0 Å². The van der Waals surface area contributed by atoms with Gasteiger partial charge in [-0.2, -0.15) is 0 Å². The van der Waals surface area contributed by atoms with Crippen LogP contribution in [0, 0.1) is 0 Å². The number of esters is 2. The molecule has 0 saturated heterocycles. The van der Waals surface area contributed by atoms with Crippen molar-refractivity contribution < 1.29 is 28.7 Å². The molecule has 0 spiro atoms. The SMILES string of the molecule is CC(=O)OCc1ccc2c(c1)C(=O)c1ccc(COC(C)=O)cc1C2=O. The van der Waals surface area contributed by atoms with Crippen molar-refractivity contribution in [1.29, 1.82) is 0 Å². The number of carbonyl (C=O) groups excluding carboxylic acids is 4. The van der Waals surface area contributed by atoms with Gasteiger partial charge in [-0.05, 0) is 35.4 Å². The molecule has 0 aliphatic heterocycles. The third kappa shape index (κ3) is 3.39. The van der Waals surface area contributed by atoms with E-state index >= 15 is 0 Å². The first kappa shape index (κ1) is 17.5. The lowest BCUT2D eigenvalue weighted by Crippen LogP contribution is -2.21. The standard InChI is InChI=1S/C20H16O6/c1-11(21)25-9-13-3-5-15-17(7-13)19(23)16-6-4-14(10-26-12(2)22)8-18(16)20(15)24/h3-8H,9-10H2,1-2H3. The maximum absolute atomic E-state index is 12.8. The molecule has 0 fully saturated rings. The van der Waals surface area contributed by atoms with E-state index in [4.69, 9.17) is 9.47 Å². The summed E-state index contributed by atoms with van der Waals surface area (Å²) < 4.78 is 9.87. The molecule has 1 aliphatic rings. The Morgan fingerprint density at radius 2 is 1.08 bits per heavy atom. The monoisotopic (exact) mass is 352 g/mol. The van der Waals surface area contributed by atoms with E-state index in [1.54, 1.807) is 36.4 Å². The quantitative estimate of drug-likeness (QED) is 0.671. The Balaban J connectivity index is 1.94. The molecule has 0 saturated carbocycles. The van der Waals surface area contributed by atoms with Gasteiger partial charge in [0.2, 0.25) is 0 Å². The molecule has 0 radical (unpaired) electrons. The molecule has 6 nitrogen and oxygen atoms in total. The van der Waals surface area contributed by atoms with Gasteiger partial charge >= 0.3 is 11.9 Å². The third-order valence-electron chi connectivity index (χ3n) is 4.03. The summed E-state index contributed by atoms with van der Waals surface area (Å²) >= 11 is 0. The van der Waals surface area contributed by atoms with Crippen molar-refractivity contribution in [1.82, 2.24) is 0 Å². The second-order valence-corrected chi connectivity index (χ2v) is 5.98. The average molecular weight is 352 g/mol. The van der Waals surface area contributed by atoms with Crippen LogP contribution in [0.25, 0.3) is 0 Å². The normalized spacial score (nSPS) is 12.2. The predicted molar refractivity (Wildman–Crippen MR) is 90.7 cm³/mol.